The highest BCUT2D eigenvalue weighted by Crippen LogP contribution is 2.44. The second-order valence-corrected chi connectivity index (χ2v) is 5.12. The van der Waals surface area contributed by atoms with Crippen LogP contribution in [-0.2, 0) is 6.42 Å². The molecule has 1 aromatic carbocycles. The van der Waals surface area contributed by atoms with E-state index in [2.05, 4.69) is 4.74 Å². The molecule has 1 nitrogen and oxygen atoms in total. The maximum absolute atomic E-state index is 12.0. The van der Waals surface area contributed by atoms with E-state index in [9.17, 15) is 13.2 Å². The lowest BCUT2D eigenvalue weighted by atomic mass is 9.67. The smallest absolute Gasteiger partial charge is 0.406 e. The monoisotopic (exact) mass is 278 g/mol. The summed E-state index contributed by atoms with van der Waals surface area (Å²) in [6.07, 6.45) is -0.438. The molecule has 0 atom stereocenters. The van der Waals surface area contributed by atoms with E-state index in [1.807, 2.05) is 0 Å². The first kappa shape index (κ1) is 13.5. The number of rotatable bonds is 4. The van der Waals surface area contributed by atoms with Gasteiger partial charge in [-0.05, 0) is 42.4 Å². The summed E-state index contributed by atoms with van der Waals surface area (Å²) < 4.78 is 39.8. The predicted molar refractivity (Wildman–Crippen MR) is 63.8 cm³/mol. The highest BCUT2D eigenvalue weighted by molar-refractivity contribution is 6.18. The van der Waals surface area contributed by atoms with E-state index in [1.165, 1.54) is 18.6 Å². The second-order valence-electron chi connectivity index (χ2n) is 4.86. The third-order valence-corrected chi connectivity index (χ3v) is 4.00. The minimum Gasteiger partial charge on any atom is -0.406 e. The van der Waals surface area contributed by atoms with Crippen LogP contribution < -0.4 is 4.74 Å². The van der Waals surface area contributed by atoms with Gasteiger partial charge in [-0.1, -0.05) is 18.6 Å². The molecule has 0 bridgehead atoms. The Balaban J connectivity index is 1.99. The number of hydrogen-bond acceptors (Lipinski definition) is 1. The van der Waals surface area contributed by atoms with E-state index < -0.39 is 6.36 Å². The van der Waals surface area contributed by atoms with Crippen molar-refractivity contribution in [2.45, 2.75) is 32.0 Å². The number of halogens is 4. The number of hydrogen-bond donors (Lipinski definition) is 0. The Morgan fingerprint density at radius 3 is 2.17 bits per heavy atom. The molecular weight excluding hydrogens is 265 g/mol. The zero-order chi connectivity index (χ0) is 13.2. The Kier molecular flexibility index (Phi) is 3.76. The molecule has 0 radical (unpaired) electrons. The summed E-state index contributed by atoms with van der Waals surface area (Å²) in [5.41, 5.74) is 1.15. The van der Waals surface area contributed by atoms with Crippen LogP contribution >= 0.6 is 11.6 Å². The molecule has 100 valence electrons. The number of alkyl halides is 4. The van der Waals surface area contributed by atoms with Gasteiger partial charge in [-0.2, -0.15) is 0 Å². The fourth-order valence-electron chi connectivity index (χ4n) is 2.28. The molecule has 2 rings (SSSR count). The predicted octanol–water partition coefficient (Wildman–Crippen LogP) is 4.54. The van der Waals surface area contributed by atoms with Crippen molar-refractivity contribution in [1.29, 1.82) is 0 Å². The van der Waals surface area contributed by atoms with Crippen LogP contribution in [0.1, 0.15) is 24.8 Å². The van der Waals surface area contributed by atoms with Crippen molar-refractivity contribution in [2.24, 2.45) is 5.41 Å². The summed E-state index contributed by atoms with van der Waals surface area (Å²) in [5.74, 6) is 0.424. The standard InChI is InChI=1S/C13H14ClF3O/c14-9-12(6-1-7-12)8-10-2-4-11(5-3-10)18-13(15,16)17/h2-5H,1,6-9H2. The summed E-state index contributed by atoms with van der Waals surface area (Å²) in [4.78, 5) is 0. The van der Waals surface area contributed by atoms with Crippen LogP contribution in [-0.4, -0.2) is 12.2 Å². The van der Waals surface area contributed by atoms with Crippen LogP contribution in [0, 0.1) is 5.41 Å². The van der Waals surface area contributed by atoms with Crippen LogP contribution in [0.2, 0.25) is 0 Å². The molecule has 0 heterocycles. The minimum atomic E-state index is -4.63. The molecule has 1 aliphatic carbocycles. The third kappa shape index (κ3) is 3.31. The van der Waals surface area contributed by atoms with Gasteiger partial charge in [0.25, 0.3) is 0 Å². The molecule has 0 aromatic heterocycles. The summed E-state index contributed by atoms with van der Waals surface area (Å²) >= 11 is 5.95. The first-order valence-electron chi connectivity index (χ1n) is 5.83. The van der Waals surface area contributed by atoms with Crippen LogP contribution in [0.4, 0.5) is 13.2 Å². The number of ether oxygens (including phenoxy) is 1. The zero-order valence-corrected chi connectivity index (χ0v) is 10.5. The number of benzene rings is 1. The van der Waals surface area contributed by atoms with Crippen molar-refractivity contribution in [3.8, 4) is 5.75 Å². The van der Waals surface area contributed by atoms with Gasteiger partial charge in [-0.3, -0.25) is 0 Å². The van der Waals surface area contributed by atoms with Crippen molar-refractivity contribution in [2.75, 3.05) is 5.88 Å². The summed E-state index contributed by atoms with van der Waals surface area (Å²) in [7, 11) is 0. The van der Waals surface area contributed by atoms with Crippen molar-refractivity contribution < 1.29 is 17.9 Å². The van der Waals surface area contributed by atoms with Gasteiger partial charge in [0.05, 0.1) is 0 Å². The second kappa shape index (κ2) is 5.00. The molecule has 1 saturated carbocycles. The summed E-state index contributed by atoms with van der Waals surface area (Å²) in [5, 5.41) is 0. The first-order chi connectivity index (χ1) is 8.42. The molecule has 1 fully saturated rings. The summed E-state index contributed by atoms with van der Waals surface area (Å²) in [6.45, 7) is 0. The molecule has 0 spiro atoms. The molecular formula is C13H14ClF3O. The molecule has 1 aliphatic rings. The maximum Gasteiger partial charge on any atom is 0.573 e. The molecule has 18 heavy (non-hydrogen) atoms. The fraction of sp³-hybridized carbons (Fsp3) is 0.538. The van der Waals surface area contributed by atoms with Gasteiger partial charge in [0.1, 0.15) is 5.75 Å². The van der Waals surface area contributed by atoms with Crippen LogP contribution in [0.25, 0.3) is 0 Å². The Hall–Kier alpha value is -0.900. The largest absolute Gasteiger partial charge is 0.573 e. The highest BCUT2D eigenvalue weighted by Gasteiger charge is 2.36. The molecule has 0 aliphatic heterocycles. The van der Waals surface area contributed by atoms with Gasteiger partial charge < -0.3 is 4.74 Å². The van der Waals surface area contributed by atoms with Crippen molar-refractivity contribution in [3.05, 3.63) is 29.8 Å². The normalized spacial score (nSPS) is 18.2. The molecule has 0 N–H and O–H groups in total. The molecule has 1 aromatic rings. The minimum absolute atomic E-state index is 0.147. The zero-order valence-electron chi connectivity index (χ0n) is 9.77. The molecule has 0 amide bonds. The van der Waals surface area contributed by atoms with Crippen molar-refractivity contribution in [1.82, 2.24) is 0 Å². The quantitative estimate of drug-likeness (QED) is 0.735. The van der Waals surface area contributed by atoms with Crippen molar-refractivity contribution >= 4 is 11.6 Å². The van der Waals surface area contributed by atoms with E-state index in [0.29, 0.717) is 5.88 Å². The fourth-order valence-corrected chi connectivity index (χ4v) is 2.64. The Labute approximate surface area is 109 Å². The van der Waals surface area contributed by atoms with Gasteiger partial charge in [0.15, 0.2) is 0 Å². The summed E-state index contributed by atoms with van der Waals surface area (Å²) in [6, 6.07) is 6.05. The lowest BCUT2D eigenvalue weighted by molar-refractivity contribution is -0.274. The Bertz CT molecular complexity index is 390. The van der Waals surface area contributed by atoms with Crippen LogP contribution in [0.5, 0.6) is 5.75 Å². The Morgan fingerprint density at radius 1 is 1.17 bits per heavy atom. The third-order valence-electron chi connectivity index (χ3n) is 3.43. The van der Waals surface area contributed by atoms with Crippen LogP contribution in [0.3, 0.4) is 0 Å². The van der Waals surface area contributed by atoms with Crippen molar-refractivity contribution in [3.63, 3.8) is 0 Å². The van der Waals surface area contributed by atoms with Gasteiger partial charge in [0.2, 0.25) is 0 Å². The average Bonchev–Trinajstić information content (AvgIpc) is 2.24. The maximum atomic E-state index is 12.0. The van der Waals surface area contributed by atoms with E-state index >= 15 is 0 Å². The van der Waals surface area contributed by atoms with Gasteiger partial charge in [0, 0.05) is 5.88 Å². The van der Waals surface area contributed by atoms with E-state index in [-0.39, 0.29) is 11.2 Å². The Morgan fingerprint density at radius 2 is 1.78 bits per heavy atom. The van der Waals surface area contributed by atoms with Crippen LogP contribution in [0.15, 0.2) is 24.3 Å². The lowest BCUT2D eigenvalue weighted by Crippen LogP contribution is -2.33. The highest BCUT2D eigenvalue weighted by atomic mass is 35.5. The first-order valence-corrected chi connectivity index (χ1v) is 6.37. The van der Waals surface area contributed by atoms with Gasteiger partial charge in [-0.15, -0.1) is 24.8 Å². The lowest BCUT2D eigenvalue weighted by Gasteiger charge is -2.40. The van der Waals surface area contributed by atoms with E-state index in [4.69, 9.17) is 11.6 Å². The average molecular weight is 279 g/mol. The van der Waals surface area contributed by atoms with E-state index in [1.54, 1.807) is 12.1 Å². The molecule has 5 heteroatoms. The van der Waals surface area contributed by atoms with Gasteiger partial charge >= 0.3 is 6.36 Å². The molecule has 0 unspecified atom stereocenters. The van der Waals surface area contributed by atoms with Gasteiger partial charge in [-0.25, -0.2) is 0 Å². The molecule has 0 saturated heterocycles. The van der Waals surface area contributed by atoms with E-state index in [0.717, 1.165) is 24.8 Å². The SMILES string of the molecule is FC(F)(F)Oc1ccc(CC2(CCl)CCC2)cc1. The topological polar surface area (TPSA) is 9.23 Å².